The van der Waals surface area contributed by atoms with Crippen molar-refractivity contribution >= 4 is 40.0 Å². The third kappa shape index (κ3) is 7.80. The number of nitrogens with one attached hydrogen (secondary N) is 3. The summed E-state index contributed by atoms with van der Waals surface area (Å²) in [4.78, 5) is 10.7. The van der Waals surface area contributed by atoms with Gasteiger partial charge in [0.1, 0.15) is 4.90 Å². The quantitative estimate of drug-likeness (QED) is 0.206. The van der Waals surface area contributed by atoms with E-state index in [-0.39, 0.29) is 41.0 Å². The second-order valence-electron chi connectivity index (χ2n) is 7.30. The molecule has 1 saturated heterocycles. The Balaban J connectivity index is 0.00000392. The smallest absolute Gasteiger partial charge is 0.242 e. The van der Waals surface area contributed by atoms with E-state index in [0.717, 1.165) is 19.6 Å². The van der Waals surface area contributed by atoms with Gasteiger partial charge in [0.25, 0.3) is 0 Å². The number of sulfonamides is 1. The molecule has 0 saturated carbocycles. The molecule has 2 heterocycles. The predicted molar refractivity (Wildman–Crippen MR) is 124 cm³/mol. The van der Waals surface area contributed by atoms with Crippen molar-refractivity contribution in [2.45, 2.75) is 43.5 Å². The van der Waals surface area contributed by atoms with Gasteiger partial charge in [-0.25, -0.2) is 13.1 Å². The van der Waals surface area contributed by atoms with Gasteiger partial charge in [-0.15, -0.1) is 24.0 Å². The Hall–Kier alpha value is -0.980. The van der Waals surface area contributed by atoms with Crippen molar-refractivity contribution in [2.75, 3.05) is 39.8 Å². The van der Waals surface area contributed by atoms with Crippen LogP contribution < -0.4 is 15.4 Å². The van der Waals surface area contributed by atoms with Crippen LogP contribution in [0, 0.1) is 0 Å². The summed E-state index contributed by atoms with van der Waals surface area (Å²) in [6, 6.07) is 3.12. The van der Waals surface area contributed by atoms with Crippen LogP contribution in [0.5, 0.6) is 0 Å². The second-order valence-corrected chi connectivity index (χ2v) is 9.07. The fraction of sp³-hybridized carbons (Fsp3) is 0.667. The first-order valence-corrected chi connectivity index (χ1v) is 10.9. The molecular weight excluding hydrogens is 491 g/mol. The van der Waals surface area contributed by atoms with Crippen LogP contribution in [0.15, 0.2) is 34.4 Å². The van der Waals surface area contributed by atoms with E-state index in [0.29, 0.717) is 12.5 Å². The normalized spacial score (nSPS) is 16.3. The molecule has 10 heteroatoms. The molecule has 1 aliphatic rings. The third-order valence-corrected chi connectivity index (χ3v) is 6.22. The first kappa shape index (κ1) is 25.1. The molecule has 28 heavy (non-hydrogen) atoms. The molecule has 1 aromatic heterocycles. The van der Waals surface area contributed by atoms with Crippen LogP contribution in [-0.4, -0.2) is 69.6 Å². The van der Waals surface area contributed by atoms with E-state index >= 15 is 0 Å². The minimum Gasteiger partial charge on any atom is -0.355 e. The Morgan fingerprint density at radius 2 is 1.93 bits per heavy atom. The first-order valence-electron chi connectivity index (χ1n) is 9.44. The van der Waals surface area contributed by atoms with Crippen LogP contribution in [0.4, 0.5) is 0 Å². The molecule has 160 valence electrons. The molecule has 0 unspecified atom stereocenters. The first-order chi connectivity index (χ1) is 12.8. The topological polar surface area (TPSA) is 98.7 Å². The van der Waals surface area contributed by atoms with Crippen molar-refractivity contribution < 1.29 is 8.42 Å². The monoisotopic (exact) mass is 524 g/mol. The summed E-state index contributed by atoms with van der Waals surface area (Å²) in [5.41, 5.74) is 0.0416. The number of piperidine rings is 1. The third-order valence-electron chi connectivity index (χ3n) is 4.78. The molecule has 1 aliphatic heterocycles. The van der Waals surface area contributed by atoms with E-state index in [1.165, 1.54) is 31.5 Å². The van der Waals surface area contributed by atoms with E-state index in [2.05, 4.69) is 44.1 Å². The Labute approximate surface area is 186 Å². The standard InChI is InChI=1S/C18H32N6O2S.HI/c1-18(2,24-12-5-4-6-13-24)15-22-17(19-3)21-10-11-23-27(25,26)16-8-7-9-20-14-16;/h7-9,14,23H,4-6,10-13,15H2,1-3H3,(H2,19,21,22);1H. The zero-order valence-corrected chi connectivity index (χ0v) is 20.1. The van der Waals surface area contributed by atoms with Gasteiger partial charge in [-0.1, -0.05) is 6.42 Å². The average Bonchev–Trinajstić information content (AvgIpc) is 2.69. The van der Waals surface area contributed by atoms with Gasteiger partial charge in [0.2, 0.25) is 10.0 Å². The zero-order chi connectivity index (χ0) is 19.8. The highest BCUT2D eigenvalue weighted by Crippen LogP contribution is 2.19. The average molecular weight is 524 g/mol. The molecule has 2 rings (SSSR count). The number of aromatic nitrogens is 1. The van der Waals surface area contributed by atoms with Crippen molar-refractivity contribution in [1.82, 2.24) is 25.2 Å². The minimum atomic E-state index is -3.53. The molecule has 0 amide bonds. The highest BCUT2D eigenvalue weighted by atomic mass is 127. The van der Waals surface area contributed by atoms with E-state index < -0.39 is 10.0 Å². The molecule has 3 N–H and O–H groups in total. The lowest BCUT2D eigenvalue weighted by Crippen LogP contribution is -2.55. The number of aliphatic imine (C=N–C) groups is 1. The lowest BCUT2D eigenvalue weighted by molar-refractivity contribution is 0.0982. The summed E-state index contributed by atoms with van der Waals surface area (Å²) in [7, 11) is -1.82. The molecule has 8 nitrogen and oxygen atoms in total. The molecule has 0 radical (unpaired) electrons. The van der Waals surface area contributed by atoms with Crippen LogP contribution >= 0.6 is 24.0 Å². The summed E-state index contributed by atoms with van der Waals surface area (Å²) < 4.78 is 26.9. The van der Waals surface area contributed by atoms with Gasteiger partial charge >= 0.3 is 0 Å². The Morgan fingerprint density at radius 3 is 2.54 bits per heavy atom. The zero-order valence-electron chi connectivity index (χ0n) is 16.9. The van der Waals surface area contributed by atoms with Gasteiger partial charge in [0, 0.05) is 44.6 Å². The van der Waals surface area contributed by atoms with Gasteiger partial charge in [0.05, 0.1) is 0 Å². The number of hydrogen-bond donors (Lipinski definition) is 3. The van der Waals surface area contributed by atoms with Gasteiger partial charge < -0.3 is 10.6 Å². The van der Waals surface area contributed by atoms with Gasteiger partial charge in [0.15, 0.2) is 5.96 Å². The molecule has 1 aromatic rings. The SMILES string of the molecule is CN=C(NCCNS(=O)(=O)c1cccnc1)NCC(C)(C)N1CCCCC1.I. The number of guanidine groups is 1. The number of rotatable bonds is 8. The maximum absolute atomic E-state index is 12.1. The van der Waals surface area contributed by atoms with E-state index in [9.17, 15) is 8.42 Å². The highest BCUT2D eigenvalue weighted by molar-refractivity contribution is 14.0. The molecular formula is C18H33IN6O2S. The van der Waals surface area contributed by atoms with Crippen LogP contribution in [-0.2, 0) is 10.0 Å². The summed E-state index contributed by atoms with van der Waals surface area (Å²) in [5, 5.41) is 6.49. The maximum atomic E-state index is 12.1. The van der Waals surface area contributed by atoms with E-state index in [1.54, 1.807) is 19.3 Å². The summed E-state index contributed by atoms with van der Waals surface area (Å²) in [6.45, 7) is 8.21. The van der Waals surface area contributed by atoms with Crippen molar-refractivity contribution in [3.05, 3.63) is 24.5 Å². The summed E-state index contributed by atoms with van der Waals surface area (Å²) in [5.74, 6) is 0.667. The molecule has 0 spiro atoms. The van der Waals surface area contributed by atoms with E-state index in [1.807, 2.05) is 0 Å². The lowest BCUT2D eigenvalue weighted by Gasteiger charge is -2.41. The van der Waals surface area contributed by atoms with Gasteiger partial charge in [-0.3, -0.25) is 14.9 Å². The Bertz CT molecular complexity index is 706. The Kier molecular flexibility index (Phi) is 10.6. The molecule has 0 aromatic carbocycles. The van der Waals surface area contributed by atoms with E-state index in [4.69, 9.17) is 0 Å². The van der Waals surface area contributed by atoms with Gasteiger partial charge in [-0.05, 0) is 51.9 Å². The fourth-order valence-corrected chi connectivity index (χ4v) is 4.08. The number of likely N-dealkylation sites (tertiary alicyclic amines) is 1. The van der Waals surface area contributed by atoms with Crippen molar-refractivity contribution in [3.63, 3.8) is 0 Å². The number of pyridine rings is 1. The van der Waals surface area contributed by atoms with Crippen LogP contribution in [0.2, 0.25) is 0 Å². The highest BCUT2D eigenvalue weighted by Gasteiger charge is 2.27. The largest absolute Gasteiger partial charge is 0.355 e. The van der Waals surface area contributed by atoms with Gasteiger partial charge in [-0.2, -0.15) is 0 Å². The van der Waals surface area contributed by atoms with Crippen LogP contribution in [0.1, 0.15) is 33.1 Å². The van der Waals surface area contributed by atoms with Crippen LogP contribution in [0.3, 0.4) is 0 Å². The second kappa shape index (κ2) is 11.9. The number of hydrogen-bond acceptors (Lipinski definition) is 5. The lowest BCUT2D eigenvalue weighted by atomic mass is 9.98. The summed E-state index contributed by atoms with van der Waals surface area (Å²) >= 11 is 0. The van der Waals surface area contributed by atoms with Crippen molar-refractivity contribution in [2.24, 2.45) is 4.99 Å². The fourth-order valence-electron chi connectivity index (χ4n) is 3.09. The molecule has 1 fully saturated rings. The number of nitrogens with zero attached hydrogens (tertiary/aromatic N) is 3. The van der Waals surface area contributed by atoms with Crippen LogP contribution in [0.25, 0.3) is 0 Å². The van der Waals surface area contributed by atoms with Crippen molar-refractivity contribution in [3.8, 4) is 0 Å². The summed E-state index contributed by atoms with van der Waals surface area (Å²) in [6.07, 6.45) is 6.71. The predicted octanol–water partition coefficient (Wildman–Crippen LogP) is 1.41. The maximum Gasteiger partial charge on any atom is 0.242 e. The van der Waals surface area contributed by atoms with Crippen molar-refractivity contribution in [1.29, 1.82) is 0 Å². The molecule has 0 aliphatic carbocycles. The number of halogens is 1. The Morgan fingerprint density at radius 1 is 1.21 bits per heavy atom. The molecule has 0 atom stereocenters. The minimum absolute atomic E-state index is 0. The molecule has 0 bridgehead atoms.